The Morgan fingerprint density at radius 3 is 2.77 bits per heavy atom. The first-order chi connectivity index (χ1) is 6.11. The minimum atomic E-state index is -0.962. The maximum absolute atomic E-state index is 10.5. The van der Waals surface area contributed by atoms with Gasteiger partial charge in [-0.25, -0.2) is 0 Å². The van der Waals surface area contributed by atoms with Crippen molar-refractivity contribution in [3.05, 3.63) is 0 Å². The van der Waals surface area contributed by atoms with Crippen LogP contribution >= 0.6 is 21.6 Å². The Balaban J connectivity index is 3.92. The maximum atomic E-state index is 10.5. The number of carboxylic acids is 1. The van der Waals surface area contributed by atoms with Crippen LogP contribution in [0.1, 0.15) is 6.42 Å². The first kappa shape index (κ1) is 12.8. The molecule has 0 spiro atoms. The molecule has 0 heterocycles. The van der Waals surface area contributed by atoms with Crippen LogP contribution in [0.15, 0.2) is 4.99 Å². The Bertz CT molecular complexity index is 178. The van der Waals surface area contributed by atoms with Gasteiger partial charge in [0, 0.05) is 5.25 Å². The van der Waals surface area contributed by atoms with Gasteiger partial charge in [0.05, 0.1) is 6.54 Å². The summed E-state index contributed by atoms with van der Waals surface area (Å²) in [5.74, 6) is -0.962. The van der Waals surface area contributed by atoms with E-state index in [1.54, 1.807) is 21.6 Å². The quantitative estimate of drug-likeness (QED) is 0.494. The van der Waals surface area contributed by atoms with Gasteiger partial charge in [0.25, 0.3) is 0 Å². The van der Waals surface area contributed by atoms with Crippen molar-refractivity contribution < 1.29 is 9.90 Å². The second-order valence-corrected chi connectivity index (χ2v) is 5.24. The molecule has 0 fully saturated rings. The molecule has 0 radical (unpaired) electrons. The molecule has 0 bridgehead atoms. The lowest BCUT2D eigenvalue weighted by Crippen LogP contribution is -2.33. The van der Waals surface area contributed by atoms with Gasteiger partial charge in [-0.2, -0.15) is 0 Å². The van der Waals surface area contributed by atoms with Crippen molar-refractivity contribution in [1.29, 1.82) is 0 Å². The van der Waals surface area contributed by atoms with Crippen LogP contribution in [0.4, 0.5) is 0 Å². The Hall–Kier alpha value is -0.200. The molecule has 0 saturated carbocycles. The summed E-state index contributed by atoms with van der Waals surface area (Å²) in [5, 5.41) is 8.72. The minimum absolute atomic E-state index is 0.138. The molecule has 0 aliphatic carbocycles. The lowest BCUT2D eigenvalue weighted by Gasteiger charge is -2.14. The van der Waals surface area contributed by atoms with Crippen LogP contribution in [0.3, 0.4) is 0 Å². The molecule has 0 aliphatic rings. The summed E-state index contributed by atoms with van der Waals surface area (Å²) in [5.41, 5.74) is 5.39. The summed E-state index contributed by atoms with van der Waals surface area (Å²) in [6, 6.07) is -0.800. The van der Waals surface area contributed by atoms with Crippen molar-refractivity contribution in [2.24, 2.45) is 10.7 Å². The third-order valence-corrected chi connectivity index (χ3v) is 3.60. The molecule has 0 aromatic rings. The van der Waals surface area contributed by atoms with Gasteiger partial charge in [0.2, 0.25) is 0 Å². The number of aliphatic imine (C=N–C) groups is 1. The summed E-state index contributed by atoms with van der Waals surface area (Å²) in [6.45, 7) is 3.92. The fourth-order valence-corrected chi connectivity index (χ4v) is 2.77. The molecule has 0 aliphatic heterocycles. The Labute approximate surface area is 85.8 Å². The van der Waals surface area contributed by atoms with Crippen LogP contribution in [0.2, 0.25) is 0 Å². The van der Waals surface area contributed by atoms with Crippen molar-refractivity contribution in [2.45, 2.75) is 17.7 Å². The number of rotatable bonds is 7. The van der Waals surface area contributed by atoms with Crippen LogP contribution < -0.4 is 5.73 Å². The largest absolute Gasteiger partial charge is 0.480 e. The molecule has 0 aromatic heterocycles. The molecule has 0 saturated heterocycles. The van der Waals surface area contributed by atoms with E-state index in [1.807, 2.05) is 6.26 Å². The van der Waals surface area contributed by atoms with E-state index >= 15 is 0 Å². The summed E-state index contributed by atoms with van der Waals surface area (Å²) in [6.07, 6.45) is 2.37. The van der Waals surface area contributed by atoms with Gasteiger partial charge < -0.3 is 10.8 Å². The van der Waals surface area contributed by atoms with E-state index in [4.69, 9.17) is 10.8 Å². The predicted molar refractivity (Wildman–Crippen MR) is 59.5 cm³/mol. The highest BCUT2D eigenvalue weighted by Crippen LogP contribution is 2.26. The highest BCUT2D eigenvalue weighted by Gasteiger charge is 2.18. The number of carbonyl (C=O) groups is 1. The van der Waals surface area contributed by atoms with Crippen LogP contribution in [0.25, 0.3) is 0 Å². The van der Waals surface area contributed by atoms with Gasteiger partial charge >= 0.3 is 5.97 Å². The highest BCUT2D eigenvalue weighted by molar-refractivity contribution is 8.76. The molecule has 0 amide bonds. The van der Waals surface area contributed by atoms with Crippen molar-refractivity contribution >= 4 is 34.3 Å². The number of hydrogen-bond donors (Lipinski definition) is 2. The fourth-order valence-electron chi connectivity index (χ4n) is 0.808. The molecule has 0 rings (SSSR count). The molecule has 76 valence electrons. The minimum Gasteiger partial charge on any atom is -0.480 e. The van der Waals surface area contributed by atoms with Crippen molar-refractivity contribution in [2.75, 3.05) is 12.8 Å². The van der Waals surface area contributed by atoms with E-state index in [9.17, 15) is 4.79 Å². The topological polar surface area (TPSA) is 75.7 Å². The fraction of sp³-hybridized carbons (Fsp3) is 0.714. The normalized spacial score (nSPS) is 14.9. The zero-order valence-corrected chi connectivity index (χ0v) is 9.11. The smallest absolute Gasteiger partial charge is 0.320 e. The number of carboxylic acid groups (broad SMARTS) is 1. The van der Waals surface area contributed by atoms with Gasteiger partial charge in [-0.05, 0) is 19.4 Å². The Kier molecular flexibility index (Phi) is 7.12. The SMILES string of the molecule is C=NCC(C[C@H](N)C(=O)O)SSC. The van der Waals surface area contributed by atoms with E-state index < -0.39 is 12.0 Å². The van der Waals surface area contributed by atoms with Gasteiger partial charge in [0.15, 0.2) is 0 Å². The third-order valence-electron chi connectivity index (χ3n) is 1.40. The lowest BCUT2D eigenvalue weighted by atomic mass is 10.1. The molecule has 13 heavy (non-hydrogen) atoms. The third kappa shape index (κ3) is 5.95. The number of nitrogens with zero attached hydrogens (tertiary/aromatic N) is 1. The molecule has 1 unspecified atom stereocenters. The van der Waals surface area contributed by atoms with Gasteiger partial charge in [-0.3, -0.25) is 9.79 Å². The maximum Gasteiger partial charge on any atom is 0.320 e. The van der Waals surface area contributed by atoms with Gasteiger partial charge in [-0.1, -0.05) is 21.6 Å². The average molecular weight is 222 g/mol. The zero-order valence-electron chi connectivity index (χ0n) is 7.47. The summed E-state index contributed by atoms with van der Waals surface area (Å²) < 4.78 is 0. The van der Waals surface area contributed by atoms with Crippen molar-refractivity contribution in [3.63, 3.8) is 0 Å². The van der Waals surface area contributed by atoms with Gasteiger partial charge in [0.1, 0.15) is 6.04 Å². The van der Waals surface area contributed by atoms with E-state index in [-0.39, 0.29) is 5.25 Å². The Morgan fingerprint density at radius 2 is 2.38 bits per heavy atom. The predicted octanol–water partition coefficient (Wildman–Crippen LogP) is 0.869. The number of aliphatic carboxylic acids is 1. The van der Waals surface area contributed by atoms with Crippen molar-refractivity contribution in [3.8, 4) is 0 Å². The van der Waals surface area contributed by atoms with Gasteiger partial charge in [-0.15, -0.1) is 0 Å². The average Bonchev–Trinajstić information content (AvgIpc) is 2.05. The molecular formula is C7H14N2O2S2. The second-order valence-electron chi connectivity index (χ2n) is 2.47. The van der Waals surface area contributed by atoms with Crippen molar-refractivity contribution in [1.82, 2.24) is 0 Å². The standard InChI is InChI=1S/C7H14N2O2S2/c1-9-4-5(13-12-2)3-6(8)7(10)11/h5-6H,1,3-4,8H2,2H3,(H,10,11)/t5?,6-/m0/s1. The summed E-state index contributed by atoms with van der Waals surface area (Å²) >= 11 is 0. The van der Waals surface area contributed by atoms with E-state index in [1.165, 1.54) is 0 Å². The van der Waals surface area contributed by atoms with Crippen LogP contribution in [-0.2, 0) is 4.79 Å². The first-order valence-corrected chi connectivity index (χ1v) is 6.34. The lowest BCUT2D eigenvalue weighted by molar-refractivity contribution is -0.138. The first-order valence-electron chi connectivity index (χ1n) is 3.72. The second kappa shape index (κ2) is 7.23. The highest BCUT2D eigenvalue weighted by atomic mass is 33.1. The monoisotopic (exact) mass is 222 g/mol. The summed E-state index contributed by atoms with van der Waals surface area (Å²) in [7, 11) is 3.17. The molecule has 3 N–H and O–H groups in total. The summed E-state index contributed by atoms with van der Waals surface area (Å²) in [4.78, 5) is 14.2. The molecule has 2 atom stereocenters. The van der Waals surface area contributed by atoms with Crippen LogP contribution in [0, 0.1) is 0 Å². The number of hydrogen-bond acceptors (Lipinski definition) is 5. The Morgan fingerprint density at radius 1 is 1.77 bits per heavy atom. The van der Waals surface area contributed by atoms with E-state index in [2.05, 4.69) is 11.7 Å². The van der Waals surface area contributed by atoms with E-state index in [0.29, 0.717) is 13.0 Å². The molecule has 6 heteroatoms. The molecule has 0 aromatic carbocycles. The molecular weight excluding hydrogens is 208 g/mol. The zero-order chi connectivity index (χ0) is 10.3. The van der Waals surface area contributed by atoms with Crippen LogP contribution in [-0.4, -0.2) is 41.9 Å². The molecule has 4 nitrogen and oxygen atoms in total. The van der Waals surface area contributed by atoms with Crippen LogP contribution in [0.5, 0.6) is 0 Å². The number of nitrogens with two attached hydrogens (primary N) is 1. The van der Waals surface area contributed by atoms with E-state index in [0.717, 1.165) is 0 Å².